The van der Waals surface area contributed by atoms with E-state index >= 15 is 0 Å². The van der Waals surface area contributed by atoms with Crippen LogP contribution in [-0.2, 0) is 27.1 Å². The summed E-state index contributed by atoms with van der Waals surface area (Å²) in [5.41, 5.74) is 2.26. The lowest BCUT2D eigenvalue weighted by Gasteiger charge is -2.18. The molecule has 3 aromatic heterocycles. The summed E-state index contributed by atoms with van der Waals surface area (Å²) >= 11 is 1.39. The van der Waals surface area contributed by atoms with E-state index < -0.39 is 23.9 Å². The smallest absolute Gasteiger partial charge is 0.341 e. The molecule has 4 rings (SSSR count). The fraction of sp³-hybridized carbons (Fsp3) is 0.435. The van der Waals surface area contributed by atoms with Gasteiger partial charge in [-0.2, -0.15) is 0 Å². The number of carbonyl (C=O) groups excluding carboxylic acids is 3. The number of amides is 1. The van der Waals surface area contributed by atoms with E-state index in [9.17, 15) is 14.4 Å². The fourth-order valence-electron chi connectivity index (χ4n) is 3.88. The molecule has 0 saturated carbocycles. The molecule has 3 heterocycles. The Bertz CT molecular complexity index is 1230. The van der Waals surface area contributed by atoms with Crippen LogP contribution in [-0.4, -0.2) is 45.2 Å². The molecule has 1 aliphatic carbocycles. The van der Waals surface area contributed by atoms with Crippen molar-refractivity contribution in [1.82, 2.24) is 14.6 Å². The van der Waals surface area contributed by atoms with Crippen molar-refractivity contribution < 1.29 is 23.9 Å². The minimum Gasteiger partial charge on any atom is -0.462 e. The highest BCUT2D eigenvalue weighted by Gasteiger charge is 2.30. The molecule has 0 aliphatic heterocycles. The number of thiophene rings is 1. The van der Waals surface area contributed by atoms with E-state index in [0.29, 0.717) is 28.0 Å². The van der Waals surface area contributed by atoms with Gasteiger partial charge in [0.1, 0.15) is 10.8 Å². The Morgan fingerprint density at radius 3 is 2.82 bits per heavy atom. The van der Waals surface area contributed by atoms with Gasteiger partial charge in [-0.15, -0.1) is 21.5 Å². The number of hydrogen-bond donors (Lipinski definition) is 1. The van der Waals surface area contributed by atoms with Gasteiger partial charge in [-0.1, -0.05) is 6.92 Å². The molecule has 174 valence electrons. The van der Waals surface area contributed by atoms with Crippen LogP contribution in [0.1, 0.15) is 64.2 Å². The summed E-state index contributed by atoms with van der Waals surface area (Å²) in [6.45, 7) is 7.43. The Morgan fingerprint density at radius 1 is 1.27 bits per heavy atom. The van der Waals surface area contributed by atoms with E-state index in [1.54, 1.807) is 36.6 Å². The molecule has 0 aromatic carbocycles. The molecule has 0 saturated heterocycles. The van der Waals surface area contributed by atoms with Gasteiger partial charge in [0.2, 0.25) is 0 Å². The number of ether oxygens (including phenoxy) is 2. The number of pyridine rings is 1. The minimum absolute atomic E-state index is 0.248. The number of esters is 2. The van der Waals surface area contributed by atoms with Crippen LogP contribution in [0.4, 0.5) is 5.00 Å². The molecule has 1 aliphatic rings. The molecule has 0 spiro atoms. The SMILES string of the molecule is CCOC(=O)c1c(NC(=O)C(C)OC(=O)c2ccc3nnc(C)n3c2)sc2c1CCC(C)C2. The highest BCUT2D eigenvalue weighted by Crippen LogP contribution is 2.40. The summed E-state index contributed by atoms with van der Waals surface area (Å²) in [6.07, 6.45) is 3.12. The summed E-state index contributed by atoms with van der Waals surface area (Å²) in [7, 11) is 0. The third-order valence-corrected chi connectivity index (χ3v) is 6.86. The number of carbonyl (C=O) groups is 3. The maximum absolute atomic E-state index is 12.9. The zero-order chi connectivity index (χ0) is 23.7. The Labute approximate surface area is 195 Å². The second-order valence-corrected chi connectivity index (χ2v) is 9.31. The number of hydrogen-bond acceptors (Lipinski definition) is 8. The molecular formula is C23H26N4O5S. The number of aromatic nitrogens is 3. The Kier molecular flexibility index (Phi) is 6.46. The van der Waals surface area contributed by atoms with Crippen molar-refractivity contribution in [3.05, 3.63) is 45.7 Å². The summed E-state index contributed by atoms with van der Waals surface area (Å²) < 4.78 is 12.3. The fourth-order valence-corrected chi connectivity index (χ4v) is 5.28. The summed E-state index contributed by atoms with van der Waals surface area (Å²) in [4.78, 5) is 39.2. The first kappa shape index (κ1) is 22.9. The lowest BCUT2D eigenvalue weighted by Crippen LogP contribution is -2.30. The van der Waals surface area contributed by atoms with Crippen LogP contribution in [0.5, 0.6) is 0 Å². The molecule has 0 fully saturated rings. The Morgan fingerprint density at radius 2 is 2.06 bits per heavy atom. The Hall–Kier alpha value is -3.27. The molecule has 3 aromatic rings. The number of fused-ring (bicyclic) bond motifs is 2. The quantitative estimate of drug-likeness (QED) is 0.548. The molecule has 2 atom stereocenters. The topological polar surface area (TPSA) is 112 Å². The third-order valence-electron chi connectivity index (χ3n) is 5.69. The van der Waals surface area contributed by atoms with Crippen LogP contribution in [0.25, 0.3) is 5.65 Å². The molecule has 1 N–H and O–H groups in total. The van der Waals surface area contributed by atoms with E-state index in [1.807, 2.05) is 0 Å². The normalized spacial score (nSPS) is 16.2. The third kappa shape index (κ3) is 4.61. The van der Waals surface area contributed by atoms with Gasteiger partial charge in [0.25, 0.3) is 5.91 Å². The van der Waals surface area contributed by atoms with Gasteiger partial charge in [-0.3, -0.25) is 9.20 Å². The van der Waals surface area contributed by atoms with Gasteiger partial charge >= 0.3 is 11.9 Å². The molecule has 10 heteroatoms. The number of rotatable bonds is 6. The highest BCUT2D eigenvalue weighted by molar-refractivity contribution is 7.17. The van der Waals surface area contributed by atoms with Gasteiger partial charge in [-0.25, -0.2) is 9.59 Å². The standard InChI is InChI=1S/C23H26N4O5S/c1-5-31-23(30)19-16-8-6-12(2)10-17(16)33-21(19)24-20(28)13(3)32-22(29)15-7-9-18-26-25-14(4)27(18)11-15/h7,9,11-13H,5-6,8,10H2,1-4H3,(H,24,28). The number of anilines is 1. The van der Waals surface area contributed by atoms with E-state index in [0.717, 1.165) is 29.7 Å². The summed E-state index contributed by atoms with van der Waals surface area (Å²) in [6, 6.07) is 3.23. The molecule has 2 unspecified atom stereocenters. The van der Waals surface area contributed by atoms with Gasteiger partial charge in [0, 0.05) is 11.1 Å². The van der Waals surface area contributed by atoms with Crippen LogP contribution >= 0.6 is 11.3 Å². The van der Waals surface area contributed by atoms with Crippen molar-refractivity contribution in [3.8, 4) is 0 Å². The van der Waals surface area contributed by atoms with Gasteiger partial charge in [-0.05, 0) is 63.6 Å². The molecule has 1 amide bonds. The van der Waals surface area contributed by atoms with E-state index in [2.05, 4.69) is 22.4 Å². The number of aryl methyl sites for hydroxylation is 1. The second kappa shape index (κ2) is 9.30. The van der Waals surface area contributed by atoms with Crippen molar-refractivity contribution in [2.45, 2.75) is 53.1 Å². The van der Waals surface area contributed by atoms with Crippen LogP contribution in [0.3, 0.4) is 0 Å². The van der Waals surface area contributed by atoms with Crippen molar-refractivity contribution in [2.75, 3.05) is 11.9 Å². The molecule has 33 heavy (non-hydrogen) atoms. The monoisotopic (exact) mass is 470 g/mol. The summed E-state index contributed by atoms with van der Waals surface area (Å²) in [5, 5.41) is 11.2. The predicted octanol–water partition coefficient (Wildman–Crippen LogP) is 3.58. The minimum atomic E-state index is -1.07. The van der Waals surface area contributed by atoms with Crippen LogP contribution < -0.4 is 5.32 Å². The zero-order valence-corrected chi connectivity index (χ0v) is 19.8. The summed E-state index contributed by atoms with van der Waals surface area (Å²) in [5.74, 6) is -0.448. The van der Waals surface area contributed by atoms with Gasteiger partial charge in [0.05, 0.1) is 17.7 Å². The molecule has 9 nitrogen and oxygen atoms in total. The van der Waals surface area contributed by atoms with Crippen molar-refractivity contribution in [2.24, 2.45) is 5.92 Å². The van der Waals surface area contributed by atoms with E-state index in [-0.39, 0.29) is 12.2 Å². The first-order valence-electron chi connectivity index (χ1n) is 10.9. The van der Waals surface area contributed by atoms with Crippen molar-refractivity contribution in [1.29, 1.82) is 0 Å². The maximum atomic E-state index is 12.9. The van der Waals surface area contributed by atoms with Gasteiger partial charge < -0.3 is 14.8 Å². The number of nitrogens with zero attached hydrogens (tertiary/aromatic N) is 3. The predicted molar refractivity (Wildman–Crippen MR) is 123 cm³/mol. The van der Waals surface area contributed by atoms with Crippen LogP contribution in [0.2, 0.25) is 0 Å². The second-order valence-electron chi connectivity index (χ2n) is 8.21. The first-order valence-corrected chi connectivity index (χ1v) is 11.7. The molecular weight excluding hydrogens is 444 g/mol. The van der Waals surface area contributed by atoms with Crippen LogP contribution in [0.15, 0.2) is 18.3 Å². The van der Waals surface area contributed by atoms with Gasteiger partial charge in [0.15, 0.2) is 11.8 Å². The number of nitrogens with one attached hydrogen (secondary N) is 1. The molecule has 0 radical (unpaired) electrons. The maximum Gasteiger partial charge on any atom is 0.341 e. The van der Waals surface area contributed by atoms with E-state index in [4.69, 9.17) is 9.47 Å². The van der Waals surface area contributed by atoms with Crippen LogP contribution in [0, 0.1) is 12.8 Å². The van der Waals surface area contributed by atoms with E-state index in [1.165, 1.54) is 18.3 Å². The zero-order valence-electron chi connectivity index (χ0n) is 19.0. The highest BCUT2D eigenvalue weighted by atomic mass is 32.1. The first-order chi connectivity index (χ1) is 15.8. The largest absolute Gasteiger partial charge is 0.462 e. The average Bonchev–Trinajstić information content (AvgIpc) is 3.32. The lowest BCUT2D eigenvalue weighted by molar-refractivity contribution is -0.123. The molecule has 0 bridgehead atoms. The van der Waals surface area contributed by atoms with Crippen molar-refractivity contribution >= 4 is 39.8 Å². The lowest BCUT2D eigenvalue weighted by atomic mass is 9.88. The van der Waals surface area contributed by atoms with Crippen molar-refractivity contribution in [3.63, 3.8) is 0 Å². The Balaban J connectivity index is 1.50. The average molecular weight is 471 g/mol.